The summed E-state index contributed by atoms with van der Waals surface area (Å²) in [6.07, 6.45) is 0. The zero-order valence-electron chi connectivity index (χ0n) is 12.0. The minimum Gasteiger partial charge on any atom is -0.463 e. The maximum atomic E-state index is 9.76. The predicted octanol–water partition coefficient (Wildman–Crippen LogP) is 0.632. The minimum atomic E-state index is 0.284. The Hall–Kier alpha value is -1.43. The maximum Gasteiger partial charge on any atom is 0.293 e. The topological polar surface area (TPSA) is 61.8 Å². The Balaban J connectivity index is 0.000000200. The minimum absolute atomic E-state index is 0.284. The van der Waals surface area contributed by atoms with E-state index in [1.54, 1.807) is 0 Å². The van der Waals surface area contributed by atoms with Gasteiger partial charge in [-0.1, -0.05) is 30.3 Å². The van der Waals surface area contributed by atoms with E-state index < -0.39 is 0 Å². The Morgan fingerprint density at radius 2 is 2.20 bits per heavy atom. The van der Waals surface area contributed by atoms with E-state index in [0.717, 1.165) is 31.7 Å². The van der Waals surface area contributed by atoms with Crippen molar-refractivity contribution in [1.82, 2.24) is 10.2 Å². The fourth-order valence-electron chi connectivity index (χ4n) is 2.06. The van der Waals surface area contributed by atoms with Gasteiger partial charge in [0.2, 0.25) is 0 Å². The molecule has 0 radical (unpaired) electrons. The number of hydrogen-bond acceptors (Lipinski definition) is 5. The van der Waals surface area contributed by atoms with Crippen LogP contribution >= 0.6 is 0 Å². The van der Waals surface area contributed by atoms with E-state index >= 15 is 0 Å². The molecule has 112 valence electrons. The molecule has 2 N–H and O–H groups in total. The van der Waals surface area contributed by atoms with Crippen molar-refractivity contribution in [2.45, 2.75) is 19.6 Å². The van der Waals surface area contributed by atoms with Crippen LogP contribution in [0.25, 0.3) is 0 Å². The van der Waals surface area contributed by atoms with Crippen molar-refractivity contribution in [2.24, 2.45) is 0 Å². The molecule has 0 bridgehead atoms. The number of aliphatic hydroxyl groups is 1. The molecule has 5 nitrogen and oxygen atoms in total. The first-order valence-electron chi connectivity index (χ1n) is 6.92. The Morgan fingerprint density at radius 3 is 2.80 bits per heavy atom. The summed E-state index contributed by atoms with van der Waals surface area (Å²) in [5, 5.41) is 12.0. The summed E-state index contributed by atoms with van der Waals surface area (Å²) in [4.78, 5) is 12.0. The molecule has 1 aliphatic rings. The molecule has 5 heteroatoms. The van der Waals surface area contributed by atoms with E-state index in [4.69, 9.17) is 5.11 Å². The molecule has 0 aliphatic carbocycles. The molecule has 1 aromatic carbocycles. The average Bonchev–Trinajstić information content (AvgIpc) is 2.47. The second-order valence-electron chi connectivity index (χ2n) is 4.77. The zero-order valence-corrected chi connectivity index (χ0v) is 12.0. The van der Waals surface area contributed by atoms with Gasteiger partial charge in [0.25, 0.3) is 6.47 Å². The Labute approximate surface area is 120 Å². The standard InChI is InChI=1S/C8H8O2.C7H16N2O/c9-7-10-6-8-4-2-1-3-5-8;1-7-6-9(4-5-10)3-2-8-7/h1-5,7H,6H2;7-8,10H,2-6H2,1H3/t;7-/m.0/s1. The van der Waals surface area contributed by atoms with Crippen LogP contribution in [0.5, 0.6) is 0 Å². The molecule has 1 atom stereocenters. The number of ether oxygens (including phenoxy) is 1. The average molecular weight is 280 g/mol. The smallest absolute Gasteiger partial charge is 0.293 e. The fraction of sp³-hybridized carbons (Fsp3) is 0.533. The highest BCUT2D eigenvalue weighted by Crippen LogP contribution is 1.98. The van der Waals surface area contributed by atoms with Crippen molar-refractivity contribution in [2.75, 3.05) is 32.8 Å². The van der Waals surface area contributed by atoms with E-state index in [1.807, 2.05) is 30.3 Å². The molecule has 1 fully saturated rings. The molecular formula is C15H24N2O3. The normalized spacial score (nSPS) is 18.8. The van der Waals surface area contributed by atoms with Crippen molar-refractivity contribution >= 4 is 6.47 Å². The number of aliphatic hydroxyl groups excluding tert-OH is 1. The molecular weight excluding hydrogens is 256 g/mol. The van der Waals surface area contributed by atoms with Gasteiger partial charge in [-0.25, -0.2) is 0 Å². The SMILES string of the molecule is C[C@H]1CN(CCO)CCN1.O=COCc1ccccc1. The number of carbonyl (C=O) groups excluding carboxylic acids is 1. The summed E-state index contributed by atoms with van der Waals surface area (Å²) >= 11 is 0. The summed E-state index contributed by atoms with van der Waals surface area (Å²) in [6.45, 7) is 7.30. The van der Waals surface area contributed by atoms with E-state index in [1.165, 1.54) is 0 Å². The summed E-state index contributed by atoms with van der Waals surface area (Å²) in [6, 6.07) is 10.1. The molecule has 0 aromatic heterocycles. The molecule has 0 spiro atoms. The first-order valence-corrected chi connectivity index (χ1v) is 6.92. The third-order valence-electron chi connectivity index (χ3n) is 3.03. The van der Waals surface area contributed by atoms with Gasteiger partial charge in [-0.05, 0) is 12.5 Å². The lowest BCUT2D eigenvalue weighted by Crippen LogP contribution is -2.49. The predicted molar refractivity (Wildman–Crippen MR) is 78.3 cm³/mol. The Bertz CT molecular complexity index is 357. The Kier molecular flexibility index (Phi) is 8.62. The van der Waals surface area contributed by atoms with Crippen LogP contribution in [0.15, 0.2) is 30.3 Å². The number of nitrogens with one attached hydrogen (secondary N) is 1. The number of β-amino-alcohol motifs (C(OH)–C–C–N with tert-alkyl or cyclic N) is 1. The largest absolute Gasteiger partial charge is 0.463 e. The van der Waals surface area contributed by atoms with Gasteiger partial charge in [-0.2, -0.15) is 0 Å². The van der Waals surface area contributed by atoms with Gasteiger partial charge in [0.05, 0.1) is 6.61 Å². The highest BCUT2D eigenvalue weighted by Gasteiger charge is 2.13. The van der Waals surface area contributed by atoms with Gasteiger partial charge in [0.1, 0.15) is 6.61 Å². The lowest BCUT2D eigenvalue weighted by molar-refractivity contribution is -0.129. The highest BCUT2D eigenvalue weighted by atomic mass is 16.5. The van der Waals surface area contributed by atoms with Crippen LogP contribution in [0.3, 0.4) is 0 Å². The van der Waals surface area contributed by atoms with Gasteiger partial charge >= 0.3 is 0 Å². The van der Waals surface area contributed by atoms with Crippen molar-refractivity contribution < 1.29 is 14.6 Å². The van der Waals surface area contributed by atoms with Gasteiger partial charge < -0.3 is 15.2 Å². The van der Waals surface area contributed by atoms with Gasteiger partial charge in [-0.15, -0.1) is 0 Å². The van der Waals surface area contributed by atoms with Crippen molar-refractivity contribution in [3.63, 3.8) is 0 Å². The highest BCUT2D eigenvalue weighted by molar-refractivity contribution is 5.37. The van der Waals surface area contributed by atoms with Crippen LogP contribution in [0.2, 0.25) is 0 Å². The van der Waals surface area contributed by atoms with E-state index in [0.29, 0.717) is 19.1 Å². The molecule has 1 heterocycles. The van der Waals surface area contributed by atoms with Gasteiger partial charge in [0.15, 0.2) is 0 Å². The molecule has 0 unspecified atom stereocenters. The van der Waals surface area contributed by atoms with E-state index in [9.17, 15) is 4.79 Å². The van der Waals surface area contributed by atoms with Crippen molar-refractivity contribution in [3.8, 4) is 0 Å². The lowest BCUT2D eigenvalue weighted by Gasteiger charge is -2.31. The number of hydrogen-bond donors (Lipinski definition) is 2. The molecule has 1 saturated heterocycles. The molecule has 1 aromatic rings. The number of carbonyl (C=O) groups is 1. The van der Waals surface area contributed by atoms with Crippen molar-refractivity contribution in [3.05, 3.63) is 35.9 Å². The molecule has 2 rings (SSSR count). The monoisotopic (exact) mass is 280 g/mol. The third kappa shape index (κ3) is 7.23. The summed E-state index contributed by atoms with van der Waals surface area (Å²) < 4.78 is 4.54. The first kappa shape index (κ1) is 16.6. The van der Waals surface area contributed by atoms with Crippen LogP contribution < -0.4 is 5.32 Å². The fourth-order valence-corrected chi connectivity index (χ4v) is 2.06. The second-order valence-corrected chi connectivity index (χ2v) is 4.77. The van der Waals surface area contributed by atoms with Crippen LogP contribution in [0.4, 0.5) is 0 Å². The molecule has 0 amide bonds. The van der Waals surface area contributed by atoms with Crippen molar-refractivity contribution in [1.29, 1.82) is 0 Å². The summed E-state index contributed by atoms with van der Waals surface area (Å²) in [7, 11) is 0. The second kappa shape index (κ2) is 10.4. The number of rotatable bonds is 5. The molecule has 20 heavy (non-hydrogen) atoms. The van der Waals surface area contributed by atoms with E-state index in [2.05, 4.69) is 21.9 Å². The third-order valence-corrected chi connectivity index (χ3v) is 3.03. The first-order chi connectivity index (χ1) is 9.76. The van der Waals surface area contributed by atoms with Crippen LogP contribution in [0, 0.1) is 0 Å². The quantitative estimate of drug-likeness (QED) is 0.775. The maximum absolute atomic E-state index is 9.76. The number of nitrogens with zero attached hydrogens (tertiary/aromatic N) is 1. The Morgan fingerprint density at radius 1 is 1.45 bits per heavy atom. The number of piperazine rings is 1. The van der Waals surface area contributed by atoms with Gasteiger partial charge in [-0.3, -0.25) is 9.69 Å². The van der Waals surface area contributed by atoms with Crippen LogP contribution in [-0.4, -0.2) is 55.3 Å². The van der Waals surface area contributed by atoms with Crippen LogP contribution in [0.1, 0.15) is 12.5 Å². The van der Waals surface area contributed by atoms with Crippen LogP contribution in [-0.2, 0) is 16.1 Å². The number of benzene rings is 1. The summed E-state index contributed by atoms with van der Waals surface area (Å²) in [5.41, 5.74) is 1.01. The van der Waals surface area contributed by atoms with E-state index in [-0.39, 0.29) is 6.61 Å². The molecule has 1 aliphatic heterocycles. The molecule has 0 saturated carbocycles. The van der Waals surface area contributed by atoms with Gasteiger partial charge in [0, 0.05) is 32.2 Å². The zero-order chi connectivity index (χ0) is 14.6. The lowest BCUT2D eigenvalue weighted by atomic mass is 10.2. The summed E-state index contributed by atoms with van der Waals surface area (Å²) in [5.74, 6) is 0.